The van der Waals surface area contributed by atoms with Gasteiger partial charge in [-0.15, -0.1) is 4.98 Å². The van der Waals surface area contributed by atoms with Crippen LogP contribution in [0.25, 0.3) is 11.2 Å². The Bertz CT molecular complexity index is 523. The molecule has 0 bridgehead atoms. The van der Waals surface area contributed by atoms with Crippen molar-refractivity contribution in [3.05, 3.63) is 16.2 Å². The molecule has 0 atom stereocenters. The Balaban J connectivity index is 3.04. The van der Waals surface area contributed by atoms with E-state index >= 15 is 0 Å². The van der Waals surface area contributed by atoms with Crippen LogP contribution in [0.15, 0.2) is 4.79 Å². The van der Waals surface area contributed by atoms with Crippen molar-refractivity contribution in [2.24, 2.45) is 7.05 Å². The zero-order valence-corrected chi connectivity index (χ0v) is 7.38. The quantitative estimate of drug-likeness (QED) is 0.452. The first-order valence-electron chi connectivity index (χ1n) is 3.83. The first-order chi connectivity index (χ1) is 6.09. The molecule has 0 radical (unpaired) electrons. The van der Waals surface area contributed by atoms with Crippen molar-refractivity contribution in [1.29, 1.82) is 0 Å². The van der Waals surface area contributed by atoms with Gasteiger partial charge in [0.05, 0.1) is 7.05 Å². The first-order valence-corrected chi connectivity index (χ1v) is 3.83. The van der Waals surface area contributed by atoms with E-state index in [1.165, 1.54) is 0 Å². The van der Waals surface area contributed by atoms with Gasteiger partial charge in [0.1, 0.15) is 0 Å². The number of nitrogen functional groups attached to an aromatic ring is 1. The molecule has 0 amide bonds. The summed E-state index contributed by atoms with van der Waals surface area (Å²) in [6.45, 7) is 1.79. The largest absolute Gasteiger partial charge is 0.323 e. The molecule has 13 heavy (non-hydrogen) atoms. The summed E-state index contributed by atoms with van der Waals surface area (Å²) < 4.78 is 1.63. The summed E-state index contributed by atoms with van der Waals surface area (Å²) in [6, 6.07) is 0. The topological polar surface area (TPSA) is 91.4 Å². The van der Waals surface area contributed by atoms with Crippen LogP contribution in [0.5, 0.6) is 0 Å². The van der Waals surface area contributed by atoms with Gasteiger partial charge >= 0.3 is 11.5 Å². The van der Waals surface area contributed by atoms with Gasteiger partial charge in [0, 0.05) is 6.92 Å². The lowest BCUT2D eigenvalue weighted by atomic mass is 10.5. The SMILES string of the molecule is Cc1nc2c([nH]1)c(=O)[nH]c(N)[n+]2C. The van der Waals surface area contributed by atoms with Gasteiger partial charge in [-0.05, 0) is 0 Å². The molecule has 2 heterocycles. The van der Waals surface area contributed by atoms with E-state index < -0.39 is 0 Å². The minimum absolute atomic E-state index is 0.244. The number of hydrogen-bond donors (Lipinski definition) is 3. The maximum atomic E-state index is 11.3. The van der Waals surface area contributed by atoms with Crippen LogP contribution in [0, 0.1) is 6.92 Å². The minimum atomic E-state index is -0.244. The van der Waals surface area contributed by atoms with Gasteiger partial charge in [0.25, 0.3) is 5.65 Å². The third-order valence-corrected chi connectivity index (χ3v) is 1.95. The minimum Gasteiger partial charge on any atom is -0.323 e. The summed E-state index contributed by atoms with van der Waals surface area (Å²) in [7, 11) is 1.74. The molecule has 6 nitrogen and oxygen atoms in total. The molecule has 0 aromatic carbocycles. The number of rotatable bonds is 0. The van der Waals surface area contributed by atoms with E-state index in [0.717, 1.165) is 0 Å². The Morgan fingerprint density at radius 3 is 2.85 bits per heavy atom. The number of H-pyrrole nitrogens is 2. The highest BCUT2D eigenvalue weighted by molar-refractivity contribution is 5.66. The molecule has 68 valence electrons. The number of nitrogens with one attached hydrogen (secondary N) is 2. The summed E-state index contributed by atoms with van der Waals surface area (Å²) in [5.74, 6) is 0.991. The maximum Gasteiger partial charge on any atom is 0.322 e. The van der Waals surface area contributed by atoms with Crippen LogP contribution in [-0.2, 0) is 7.05 Å². The molecule has 0 spiro atoms. The lowest BCUT2D eigenvalue weighted by Crippen LogP contribution is -2.37. The van der Waals surface area contributed by atoms with Crippen LogP contribution in [0.3, 0.4) is 0 Å². The molecule has 0 aliphatic carbocycles. The van der Waals surface area contributed by atoms with Gasteiger partial charge in [-0.1, -0.05) is 0 Å². The summed E-state index contributed by atoms with van der Waals surface area (Å²) in [5.41, 5.74) is 6.33. The van der Waals surface area contributed by atoms with Crippen LogP contribution in [0.2, 0.25) is 0 Å². The fourth-order valence-corrected chi connectivity index (χ4v) is 1.26. The van der Waals surface area contributed by atoms with E-state index in [0.29, 0.717) is 22.9 Å². The highest BCUT2D eigenvalue weighted by Crippen LogP contribution is 2.00. The second-order valence-corrected chi connectivity index (χ2v) is 2.92. The van der Waals surface area contributed by atoms with Crippen molar-refractivity contribution >= 4 is 17.1 Å². The molecular formula is C7H10N5O+. The van der Waals surface area contributed by atoms with E-state index in [-0.39, 0.29) is 5.56 Å². The highest BCUT2D eigenvalue weighted by Gasteiger charge is 2.14. The normalized spacial score (nSPS) is 10.9. The molecule has 2 rings (SSSR count). The highest BCUT2D eigenvalue weighted by atomic mass is 16.1. The average Bonchev–Trinajstić information content (AvgIpc) is 2.44. The number of hydrogen-bond acceptors (Lipinski definition) is 3. The van der Waals surface area contributed by atoms with Crippen LogP contribution in [0.4, 0.5) is 5.95 Å². The summed E-state index contributed by atoms with van der Waals surface area (Å²) in [5, 5.41) is 0. The number of anilines is 1. The van der Waals surface area contributed by atoms with Crippen molar-refractivity contribution in [2.75, 3.05) is 5.73 Å². The number of imidazole rings is 1. The molecule has 0 aliphatic heterocycles. The van der Waals surface area contributed by atoms with Gasteiger partial charge in [-0.2, -0.15) is 0 Å². The van der Waals surface area contributed by atoms with E-state index in [1.807, 2.05) is 0 Å². The average molecular weight is 180 g/mol. The van der Waals surface area contributed by atoms with Gasteiger partial charge in [0.2, 0.25) is 0 Å². The monoisotopic (exact) mass is 180 g/mol. The third-order valence-electron chi connectivity index (χ3n) is 1.95. The second kappa shape index (κ2) is 2.32. The van der Waals surface area contributed by atoms with Gasteiger partial charge in [0.15, 0.2) is 11.3 Å². The van der Waals surface area contributed by atoms with Crippen LogP contribution in [-0.4, -0.2) is 15.0 Å². The Kier molecular flexibility index (Phi) is 1.39. The van der Waals surface area contributed by atoms with Crippen molar-refractivity contribution in [1.82, 2.24) is 15.0 Å². The van der Waals surface area contributed by atoms with Crippen LogP contribution in [0.1, 0.15) is 5.82 Å². The zero-order chi connectivity index (χ0) is 9.59. The Morgan fingerprint density at radius 2 is 2.15 bits per heavy atom. The molecule has 0 fully saturated rings. The Labute approximate surface area is 73.4 Å². The van der Waals surface area contributed by atoms with Crippen molar-refractivity contribution in [3.63, 3.8) is 0 Å². The fourth-order valence-electron chi connectivity index (χ4n) is 1.26. The fraction of sp³-hybridized carbons (Fsp3) is 0.286. The number of nitrogens with two attached hydrogens (primary N) is 1. The maximum absolute atomic E-state index is 11.3. The number of fused-ring (bicyclic) bond motifs is 1. The lowest BCUT2D eigenvalue weighted by molar-refractivity contribution is -0.634. The van der Waals surface area contributed by atoms with E-state index in [9.17, 15) is 4.79 Å². The van der Waals surface area contributed by atoms with Crippen molar-refractivity contribution in [2.45, 2.75) is 6.92 Å². The molecule has 2 aromatic rings. The predicted octanol–water partition coefficient (Wildman–Crippen LogP) is -1.03. The molecule has 0 unspecified atom stereocenters. The third kappa shape index (κ3) is 0.986. The summed E-state index contributed by atoms with van der Waals surface area (Å²) >= 11 is 0. The molecule has 2 aromatic heterocycles. The van der Waals surface area contributed by atoms with Crippen molar-refractivity contribution in [3.8, 4) is 0 Å². The number of aromatic nitrogens is 4. The van der Waals surface area contributed by atoms with Crippen molar-refractivity contribution < 1.29 is 4.57 Å². The molecule has 0 saturated carbocycles. The standard InChI is InChI=1S/C7H9N5O/c1-3-9-4-5(10-3)12(2)7(8)11-6(4)13/h1-2H3,(H3,8,9,10,11,13)/p+1. The van der Waals surface area contributed by atoms with Gasteiger partial charge in [-0.25, -0.2) is 9.55 Å². The van der Waals surface area contributed by atoms with E-state index in [1.54, 1.807) is 18.5 Å². The number of aryl methyl sites for hydroxylation is 2. The van der Waals surface area contributed by atoms with Gasteiger partial charge in [-0.3, -0.25) is 4.79 Å². The molecular weight excluding hydrogens is 170 g/mol. The number of aromatic amines is 2. The molecule has 6 heteroatoms. The zero-order valence-electron chi connectivity index (χ0n) is 7.38. The first kappa shape index (κ1) is 7.78. The Morgan fingerprint density at radius 1 is 1.46 bits per heavy atom. The van der Waals surface area contributed by atoms with Crippen LogP contribution < -0.4 is 15.9 Å². The van der Waals surface area contributed by atoms with Crippen LogP contribution >= 0.6 is 0 Å². The summed E-state index contributed by atoms with van der Waals surface area (Å²) in [4.78, 5) is 20.9. The molecule has 0 saturated heterocycles. The molecule has 4 N–H and O–H groups in total. The van der Waals surface area contributed by atoms with E-state index in [4.69, 9.17) is 5.73 Å². The Hall–Kier alpha value is -1.85. The van der Waals surface area contributed by atoms with Gasteiger partial charge < -0.3 is 10.7 Å². The molecule has 0 aliphatic rings. The summed E-state index contributed by atoms with van der Waals surface area (Å²) in [6.07, 6.45) is 0. The smallest absolute Gasteiger partial charge is 0.322 e. The number of nitrogens with zero attached hydrogens (tertiary/aromatic N) is 2. The second-order valence-electron chi connectivity index (χ2n) is 2.92. The predicted molar refractivity (Wildman–Crippen MR) is 47.0 cm³/mol. The van der Waals surface area contributed by atoms with E-state index in [2.05, 4.69) is 15.0 Å². The lowest BCUT2D eigenvalue weighted by Gasteiger charge is -1.94.